The zero-order valence-electron chi connectivity index (χ0n) is 13.5. The molecule has 2 aromatic rings. The standard InChI is InChI=1S/C17H13ClN2O6/c1-26-15-5-2-9(6-13(15)20(24)25)14(21)8-17(23)11-7-10(18)3-4-12(11)19-16(17)22/h2-7,23H,8H2,1H3,(H,19,22)/t17-/m0/s1. The van der Waals surface area contributed by atoms with E-state index in [1.165, 1.54) is 31.4 Å². The Balaban J connectivity index is 1.96. The van der Waals surface area contributed by atoms with Gasteiger partial charge in [0.1, 0.15) is 0 Å². The summed E-state index contributed by atoms with van der Waals surface area (Å²) in [5, 5.41) is 24.7. The summed E-state index contributed by atoms with van der Waals surface area (Å²) in [6.45, 7) is 0. The number of nitro groups is 1. The van der Waals surface area contributed by atoms with Crippen LogP contribution in [0.4, 0.5) is 11.4 Å². The van der Waals surface area contributed by atoms with E-state index in [2.05, 4.69) is 5.32 Å². The molecule has 0 aromatic heterocycles. The van der Waals surface area contributed by atoms with Crippen molar-refractivity contribution >= 4 is 34.7 Å². The molecule has 1 aliphatic heterocycles. The first-order chi connectivity index (χ1) is 12.3. The number of fused-ring (bicyclic) bond motifs is 1. The number of hydrogen-bond acceptors (Lipinski definition) is 6. The predicted molar refractivity (Wildman–Crippen MR) is 92.6 cm³/mol. The topological polar surface area (TPSA) is 119 Å². The van der Waals surface area contributed by atoms with E-state index in [9.17, 15) is 24.8 Å². The van der Waals surface area contributed by atoms with Gasteiger partial charge in [-0.1, -0.05) is 11.6 Å². The number of rotatable bonds is 5. The zero-order chi connectivity index (χ0) is 19.1. The van der Waals surface area contributed by atoms with Gasteiger partial charge in [-0.25, -0.2) is 0 Å². The minimum absolute atomic E-state index is 0.000925. The maximum absolute atomic E-state index is 12.6. The zero-order valence-corrected chi connectivity index (χ0v) is 14.2. The highest BCUT2D eigenvalue weighted by atomic mass is 35.5. The Labute approximate surface area is 152 Å². The van der Waals surface area contributed by atoms with Crippen LogP contribution in [-0.2, 0) is 10.4 Å². The molecule has 0 bridgehead atoms. The minimum Gasteiger partial charge on any atom is -0.490 e. The third-order valence-electron chi connectivity index (χ3n) is 4.16. The summed E-state index contributed by atoms with van der Waals surface area (Å²) < 4.78 is 4.89. The Morgan fingerprint density at radius 1 is 1.35 bits per heavy atom. The van der Waals surface area contributed by atoms with Gasteiger partial charge >= 0.3 is 5.69 Å². The fourth-order valence-electron chi connectivity index (χ4n) is 2.83. The third kappa shape index (κ3) is 2.89. The lowest BCUT2D eigenvalue weighted by molar-refractivity contribution is -0.385. The number of carbonyl (C=O) groups is 2. The van der Waals surface area contributed by atoms with Crippen molar-refractivity contribution < 1.29 is 24.4 Å². The van der Waals surface area contributed by atoms with Crippen LogP contribution in [0.15, 0.2) is 36.4 Å². The number of halogens is 1. The van der Waals surface area contributed by atoms with Crippen LogP contribution >= 0.6 is 11.6 Å². The van der Waals surface area contributed by atoms with E-state index in [1.54, 1.807) is 6.07 Å². The molecule has 9 heteroatoms. The lowest BCUT2D eigenvalue weighted by Crippen LogP contribution is -2.36. The number of nitrogens with one attached hydrogen (secondary N) is 1. The number of nitro benzene ring substituents is 1. The van der Waals surface area contributed by atoms with E-state index in [4.69, 9.17) is 16.3 Å². The van der Waals surface area contributed by atoms with Crippen LogP contribution in [0.1, 0.15) is 22.3 Å². The number of aliphatic hydroxyl groups is 1. The molecule has 0 radical (unpaired) electrons. The fraction of sp³-hybridized carbons (Fsp3) is 0.176. The van der Waals surface area contributed by atoms with Crippen molar-refractivity contribution in [1.29, 1.82) is 0 Å². The van der Waals surface area contributed by atoms with Crippen molar-refractivity contribution in [3.05, 3.63) is 62.7 Å². The Morgan fingerprint density at radius 3 is 2.73 bits per heavy atom. The molecule has 26 heavy (non-hydrogen) atoms. The molecular weight excluding hydrogens is 364 g/mol. The summed E-state index contributed by atoms with van der Waals surface area (Å²) in [5.74, 6) is -1.40. The molecule has 0 fully saturated rings. The second-order valence-electron chi connectivity index (χ2n) is 5.75. The van der Waals surface area contributed by atoms with Crippen LogP contribution in [0, 0.1) is 10.1 Å². The molecule has 1 atom stereocenters. The lowest BCUT2D eigenvalue weighted by atomic mass is 9.88. The van der Waals surface area contributed by atoms with E-state index < -0.39 is 28.6 Å². The van der Waals surface area contributed by atoms with Gasteiger partial charge in [0.15, 0.2) is 17.1 Å². The predicted octanol–water partition coefficient (Wildman–Crippen LogP) is 2.67. The molecule has 1 amide bonds. The van der Waals surface area contributed by atoms with Gasteiger partial charge in [-0.2, -0.15) is 0 Å². The second-order valence-corrected chi connectivity index (χ2v) is 6.18. The van der Waals surface area contributed by atoms with Crippen molar-refractivity contribution in [2.45, 2.75) is 12.0 Å². The highest BCUT2D eigenvalue weighted by molar-refractivity contribution is 6.31. The van der Waals surface area contributed by atoms with Crippen LogP contribution in [0.2, 0.25) is 5.02 Å². The van der Waals surface area contributed by atoms with Crippen molar-refractivity contribution in [2.24, 2.45) is 0 Å². The van der Waals surface area contributed by atoms with Crippen molar-refractivity contribution in [2.75, 3.05) is 12.4 Å². The number of benzene rings is 2. The Kier molecular flexibility index (Phi) is 4.39. The molecule has 0 saturated carbocycles. The monoisotopic (exact) mass is 376 g/mol. The van der Waals surface area contributed by atoms with E-state index in [0.717, 1.165) is 6.07 Å². The number of ketones is 1. The number of anilines is 1. The van der Waals surface area contributed by atoms with Gasteiger partial charge in [-0.15, -0.1) is 0 Å². The van der Waals surface area contributed by atoms with Crippen molar-refractivity contribution in [3.63, 3.8) is 0 Å². The maximum atomic E-state index is 12.6. The molecule has 134 valence electrons. The molecule has 0 unspecified atom stereocenters. The quantitative estimate of drug-likeness (QED) is 0.470. The molecule has 8 nitrogen and oxygen atoms in total. The van der Waals surface area contributed by atoms with Gasteiger partial charge in [-0.05, 0) is 30.3 Å². The molecule has 0 spiro atoms. The molecule has 0 saturated heterocycles. The first-order valence-electron chi connectivity index (χ1n) is 7.46. The molecular formula is C17H13ClN2O6. The summed E-state index contributed by atoms with van der Waals surface area (Å²) in [6, 6.07) is 8.14. The molecule has 2 aromatic carbocycles. The summed E-state index contributed by atoms with van der Waals surface area (Å²) in [4.78, 5) is 35.2. The summed E-state index contributed by atoms with van der Waals surface area (Å²) in [6.07, 6.45) is -0.588. The van der Waals surface area contributed by atoms with Crippen LogP contribution in [0.5, 0.6) is 5.75 Å². The molecule has 3 rings (SSSR count). The number of nitrogens with zero attached hydrogens (tertiary/aromatic N) is 1. The van der Waals surface area contributed by atoms with E-state index in [0.29, 0.717) is 10.7 Å². The van der Waals surface area contributed by atoms with Gasteiger partial charge in [-0.3, -0.25) is 19.7 Å². The summed E-state index contributed by atoms with van der Waals surface area (Å²) in [5.41, 5.74) is -1.97. The van der Waals surface area contributed by atoms with Crippen LogP contribution in [-0.4, -0.2) is 28.8 Å². The SMILES string of the molecule is COc1ccc(C(=O)C[C@@]2(O)C(=O)Nc3ccc(Cl)cc32)cc1[N+](=O)[O-]. The van der Waals surface area contributed by atoms with E-state index in [-0.39, 0.29) is 22.6 Å². The van der Waals surface area contributed by atoms with Gasteiger partial charge in [0.2, 0.25) is 0 Å². The van der Waals surface area contributed by atoms with Crippen LogP contribution in [0.25, 0.3) is 0 Å². The largest absolute Gasteiger partial charge is 0.490 e. The average Bonchev–Trinajstić information content (AvgIpc) is 2.85. The van der Waals surface area contributed by atoms with Crippen LogP contribution < -0.4 is 10.1 Å². The second kappa shape index (κ2) is 6.40. The Hall–Kier alpha value is -2.97. The van der Waals surface area contributed by atoms with Crippen molar-refractivity contribution in [3.8, 4) is 5.75 Å². The first-order valence-corrected chi connectivity index (χ1v) is 7.83. The number of amides is 1. The number of Topliss-reactive ketones (excluding diaryl/α,β-unsaturated/α-hetero) is 1. The van der Waals surface area contributed by atoms with Gasteiger partial charge in [0.25, 0.3) is 5.91 Å². The molecule has 0 aliphatic carbocycles. The normalized spacial score (nSPS) is 18.2. The molecule has 1 heterocycles. The smallest absolute Gasteiger partial charge is 0.311 e. The number of carbonyl (C=O) groups excluding carboxylic acids is 2. The molecule has 2 N–H and O–H groups in total. The third-order valence-corrected chi connectivity index (χ3v) is 4.40. The van der Waals surface area contributed by atoms with Crippen molar-refractivity contribution in [1.82, 2.24) is 0 Å². The lowest BCUT2D eigenvalue weighted by Gasteiger charge is -2.20. The van der Waals surface area contributed by atoms with E-state index >= 15 is 0 Å². The fourth-order valence-corrected chi connectivity index (χ4v) is 3.00. The number of methoxy groups -OCH3 is 1. The van der Waals surface area contributed by atoms with E-state index in [1.807, 2.05) is 0 Å². The average molecular weight is 377 g/mol. The summed E-state index contributed by atoms with van der Waals surface area (Å²) in [7, 11) is 1.27. The number of ether oxygens (including phenoxy) is 1. The molecule has 1 aliphatic rings. The van der Waals surface area contributed by atoms with Gasteiger partial charge < -0.3 is 15.2 Å². The van der Waals surface area contributed by atoms with Gasteiger partial charge in [0.05, 0.1) is 18.5 Å². The first kappa shape index (κ1) is 17.8. The minimum atomic E-state index is -2.11. The maximum Gasteiger partial charge on any atom is 0.311 e. The Morgan fingerprint density at radius 2 is 2.08 bits per heavy atom. The highest BCUT2D eigenvalue weighted by Gasteiger charge is 2.47. The van der Waals surface area contributed by atoms with Gasteiger partial charge in [0, 0.05) is 27.9 Å². The number of hydrogen-bond donors (Lipinski definition) is 2. The van der Waals surface area contributed by atoms with Crippen LogP contribution in [0.3, 0.4) is 0 Å². The highest BCUT2D eigenvalue weighted by Crippen LogP contribution is 2.40. The summed E-state index contributed by atoms with van der Waals surface area (Å²) >= 11 is 5.92. The Bertz CT molecular complexity index is 945.